The van der Waals surface area contributed by atoms with E-state index in [1.165, 1.54) is 0 Å². The summed E-state index contributed by atoms with van der Waals surface area (Å²) in [5.41, 5.74) is 5.74. The van der Waals surface area contributed by atoms with E-state index in [2.05, 4.69) is 19.1 Å². The third-order valence-electron chi connectivity index (χ3n) is 2.40. The van der Waals surface area contributed by atoms with E-state index in [-0.39, 0.29) is 11.5 Å². The molecule has 3 N–H and O–H groups in total. The number of nitrogens with two attached hydrogens (primary N) is 1. The molecule has 2 heteroatoms. The molecule has 0 heterocycles. The third-order valence-corrected chi connectivity index (χ3v) is 2.40. The van der Waals surface area contributed by atoms with Crippen LogP contribution in [0.2, 0.25) is 0 Å². The topological polar surface area (TPSA) is 46.2 Å². The van der Waals surface area contributed by atoms with E-state index in [0.717, 1.165) is 19.3 Å². The minimum absolute atomic E-state index is 0.111. The summed E-state index contributed by atoms with van der Waals surface area (Å²) in [6.07, 6.45) is 6.94. The molecule has 0 saturated heterocycles. The molecule has 0 aromatic rings. The Morgan fingerprint density at radius 3 is 2.64 bits per heavy atom. The van der Waals surface area contributed by atoms with Crippen molar-refractivity contribution >= 4 is 0 Å². The molecule has 0 aliphatic heterocycles. The molecule has 11 heavy (non-hydrogen) atoms. The van der Waals surface area contributed by atoms with Crippen LogP contribution in [0.25, 0.3) is 0 Å². The lowest BCUT2D eigenvalue weighted by atomic mass is 9.66. The van der Waals surface area contributed by atoms with Gasteiger partial charge in [-0.25, -0.2) is 0 Å². The highest BCUT2D eigenvalue weighted by Gasteiger charge is 2.39. The second kappa shape index (κ2) is 3.37. The van der Waals surface area contributed by atoms with Crippen LogP contribution < -0.4 is 5.73 Å². The van der Waals surface area contributed by atoms with Crippen molar-refractivity contribution in [3.63, 3.8) is 0 Å². The van der Waals surface area contributed by atoms with Gasteiger partial charge >= 0.3 is 0 Å². The zero-order valence-electron chi connectivity index (χ0n) is 7.09. The van der Waals surface area contributed by atoms with Crippen molar-refractivity contribution in [3.05, 3.63) is 12.2 Å². The van der Waals surface area contributed by atoms with E-state index >= 15 is 0 Å². The van der Waals surface area contributed by atoms with Crippen molar-refractivity contribution in [3.8, 4) is 0 Å². The molecule has 1 fully saturated rings. The normalized spacial score (nSPS) is 37.5. The van der Waals surface area contributed by atoms with E-state index in [0.29, 0.717) is 6.54 Å². The van der Waals surface area contributed by atoms with Crippen LogP contribution in [0, 0.1) is 5.41 Å². The van der Waals surface area contributed by atoms with Crippen LogP contribution in [-0.2, 0) is 0 Å². The van der Waals surface area contributed by atoms with E-state index < -0.39 is 0 Å². The number of rotatable bonds is 3. The van der Waals surface area contributed by atoms with Gasteiger partial charge in [-0.2, -0.15) is 0 Å². The van der Waals surface area contributed by atoms with Crippen molar-refractivity contribution in [1.82, 2.24) is 0 Å². The van der Waals surface area contributed by atoms with Gasteiger partial charge in [0.25, 0.3) is 0 Å². The first-order valence-electron chi connectivity index (χ1n) is 4.28. The largest absolute Gasteiger partial charge is 0.393 e. The fourth-order valence-electron chi connectivity index (χ4n) is 1.62. The molecule has 1 rings (SSSR count). The molecule has 0 bridgehead atoms. The molecule has 0 aromatic heterocycles. The highest BCUT2D eigenvalue weighted by Crippen LogP contribution is 2.41. The minimum atomic E-state index is -0.111. The van der Waals surface area contributed by atoms with Crippen LogP contribution in [0.1, 0.15) is 26.2 Å². The van der Waals surface area contributed by atoms with Gasteiger partial charge in [-0.05, 0) is 19.3 Å². The summed E-state index contributed by atoms with van der Waals surface area (Å²) >= 11 is 0. The lowest BCUT2D eigenvalue weighted by molar-refractivity contribution is 0.00367. The average molecular weight is 155 g/mol. The molecule has 1 aliphatic carbocycles. The average Bonchev–Trinajstić information content (AvgIpc) is 1.96. The molecule has 64 valence electrons. The Hall–Kier alpha value is -0.340. The summed E-state index contributed by atoms with van der Waals surface area (Å²) in [4.78, 5) is 0. The molecule has 0 radical (unpaired) electrons. The molecular formula is C9H17NO. The van der Waals surface area contributed by atoms with Crippen molar-refractivity contribution in [2.45, 2.75) is 32.3 Å². The number of aliphatic hydroxyl groups excluding tert-OH is 1. The number of hydrogen-bond donors (Lipinski definition) is 2. The SMILES string of the molecule is CC/C=C/C1(CN)CC(O)C1. The summed E-state index contributed by atoms with van der Waals surface area (Å²) in [7, 11) is 0. The third kappa shape index (κ3) is 1.82. The number of aliphatic hydroxyl groups is 1. The van der Waals surface area contributed by atoms with Gasteiger partial charge in [-0.15, -0.1) is 0 Å². The van der Waals surface area contributed by atoms with E-state index in [4.69, 9.17) is 10.8 Å². The van der Waals surface area contributed by atoms with Crippen LogP contribution in [0.5, 0.6) is 0 Å². The lowest BCUT2D eigenvalue weighted by Crippen LogP contribution is -2.44. The Bertz CT molecular complexity index is 148. The molecule has 0 atom stereocenters. The highest BCUT2D eigenvalue weighted by atomic mass is 16.3. The smallest absolute Gasteiger partial charge is 0.0557 e. The van der Waals surface area contributed by atoms with Crippen molar-refractivity contribution in [2.75, 3.05) is 6.54 Å². The van der Waals surface area contributed by atoms with Crippen LogP contribution in [0.3, 0.4) is 0 Å². The quantitative estimate of drug-likeness (QED) is 0.598. The maximum Gasteiger partial charge on any atom is 0.0557 e. The molecule has 0 spiro atoms. The van der Waals surface area contributed by atoms with Gasteiger partial charge in [0.1, 0.15) is 0 Å². The summed E-state index contributed by atoms with van der Waals surface area (Å²) in [6, 6.07) is 0. The lowest BCUT2D eigenvalue weighted by Gasteiger charge is -2.42. The second-order valence-electron chi connectivity index (χ2n) is 3.44. The van der Waals surface area contributed by atoms with Gasteiger partial charge in [0.15, 0.2) is 0 Å². The summed E-state index contributed by atoms with van der Waals surface area (Å²) in [5, 5.41) is 9.12. The van der Waals surface area contributed by atoms with Gasteiger partial charge < -0.3 is 10.8 Å². The molecule has 1 saturated carbocycles. The van der Waals surface area contributed by atoms with Gasteiger partial charge in [-0.3, -0.25) is 0 Å². The monoisotopic (exact) mass is 155 g/mol. The second-order valence-corrected chi connectivity index (χ2v) is 3.44. The highest BCUT2D eigenvalue weighted by molar-refractivity contribution is 5.08. The first-order valence-corrected chi connectivity index (χ1v) is 4.28. The first kappa shape index (κ1) is 8.75. The van der Waals surface area contributed by atoms with Crippen LogP contribution in [-0.4, -0.2) is 17.8 Å². The Labute approximate surface area is 68.1 Å². The summed E-state index contributed by atoms with van der Waals surface area (Å²) < 4.78 is 0. The zero-order valence-corrected chi connectivity index (χ0v) is 7.09. The molecule has 0 amide bonds. The van der Waals surface area contributed by atoms with Gasteiger partial charge in [0.2, 0.25) is 0 Å². The minimum Gasteiger partial charge on any atom is -0.393 e. The molecule has 0 aromatic carbocycles. The number of hydrogen-bond acceptors (Lipinski definition) is 2. The van der Waals surface area contributed by atoms with Gasteiger partial charge in [-0.1, -0.05) is 19.1 Å². The summed E-state index contributed by atoms with van der Waals surface area (Å²) in [5.74, 6) is 0. The van der Waals surface area contributed by atoms with Gasteiger partial charge in [0, 0.05) is 12.0 Å². The van der Waals surface area contributed by atoms with Gasteiger partial charge in [0.05, 0.1) is 6.10 Å². The molecule has 2 nitrogen and oxygen atoms in total. The van der Waals surface area contributed by atoms with Crippen molar-refractivity contribution < 1.29 is 5.11 Å². The Balaban J connectivity index is 2.44. The molecular weight excluding hydrogens is 138 g/mol. The Morgan fingerprint density at radius 2 is 2.27 bits per heavy atom. The molecule has 1 aliphatic rings. The zero-order chi connectivity index (χ0) is 8.32. The Kier molecular flexibility index (Phi) is 2.68. The summed E-state index contributed by atoms with van der Waals surface area (Å²) in [6.45, 7) is 2.77. The predicted octanol–water partition coefficient (Wildman–Crippen LogP) is 1.05. The number of allylic oxidation sites excluding steroid dienone is 1. The standard InChI is InChI=1S/C9H17NO/c1-2-3-4-9(7-10)5-8(11)6-9/h3-4,8,11H,2,5-7,10H2,1H3/b4-3+. The molecule has 0 unspecified atom stereocenters. The Morgan fingerprint density at radius 1 is 1.64 bits per heavy atom. The maximum atomic E-state index is 9.12. The van der Waals surface area contributed by atoms with E-state index in [1.807, 2.05) is 0 Å². The fourth-order valence-corrected chi connectivity index (χ4v) is 1.62. The van der Waals surface area contributed by atoms with Crippen molar-refractivity contribution in [2.24, 2.45) is 11.1 Å². The predicted molar refractivity (Wildman–Crippen MR) is 46.2 cm³/mol. The van der Waals surface area contributed by atoms with E-state index in [1.54, 1.807) is 0 Å². The van der Waals surface area contributed by atoms with Crippen LogP contribution in [0.4, 0.5) is 0 Å². The first-order chi connectivity index (χ1) is 5.22. The van der Waals surface area contributed by atoms with Crippen LogP contribution >= 0.6 is 0 Å². The van der Waals surface area contributed by atoms with E-state index in [9.17, 15) is 0 Å². The van der Waals surface area contributed by atoms with Crippen molar-refractivity contribution in [1.29, 1.82) is 0 Å². The fraction of sp³-hybridized carbons (Fsp3) is 0.778. The van der Waals surface area contributed by atoms with Crippen LogP contribution in [0.15, 0.2) is 12.2 Å². The maximum absolute atomic E-state index is 9.12.